The normalized spacial score (nSPS) is 15.6. The first-order valence-electron chi connectivity index (χ1n) is 7.79. The number of hydrogen-bond donors (Lipinski definition) is 0. The van der Waals surface area contributed by atoms with Crippen molar-refractivity contribution in [3.8, 4) is 0 Å². The van der Waals surface area contributed by atoms with Crippen LogP contribution in [0.4, 0.5) is 5.69 Å². The number of amides is 1. The first kappa shape index (κ1) is 15.6. The number of benzene rings is 1. The molecule has 0 saturated carbocycles. The number of anilines is 1. The number of hydrogen-bond acceptors (Lipinski definition) is 2. The van der Waals surface area contributed by atoms with E-state index in [-0.39, 0.29) is 5.91 Å². The van der Waals surface area contributed by atoms with E-state index in [0.717, 1.165) is 34.6 Å². The monoisotopic (exact) mass is 310 g/mol. The van der Waals surface area contributed by atoms with Gasteiger partial charge in [-0.1, -0.05) is 18.2 Å². The van der Waals surface area contributed by atoms with Crippen LogP contribution in [0.5, 0.6) is 0 Å². The number of aromatic nitrogens is 1. The number of para-hydroxylation sites is 1. The summed E-state index contributed by atoms with van der Waals surface area (Å²) in [5.41, 5.74) is 6.16. The van der Waals surface area contributed by atoms with Crippen LogP contribution in [0.1, 0.15) is 22.5 Å². The lowest BCUT2D eigenvalue weighted by atomic mass is 10.0. The van der Waals surface area contributed by atoms with E-state index in [1.54, 1.807) is 12.0 Å². The number of rotatable bonds is 4. The average molecular weight is 310 g/mol. The average Bonchev–Trinajstić information content (AvgIpc) is 2.95. The molecule has 0 saturated heterocycles. The molecule has 1 aliphatic rings. The van der Waals surface area contributed by atoms with Crippen molar-refractivity contribution >= 4 is 23.2 Å². The van der Waals surface area contributed by atoms with Crippen LogP contribution >= 0.6 is 0 Å². The quantitative estimate of drug-likeness (QED) is 0.812. The van der Waals surface area contributed by atoms with Crippen molar-refractivity contribution in [2.75, 3.05) is 25.7 Å². The molecule has 0 aliphatic carbocycles. The summed E-state index contributed by atoms with van der Waals surface area (Å²) in [4.78, 5) is 14.3. The maximum Gasteiger partial charge on any atom is 0.258 e. The molecule has 2 heterocycles. The highest BCUT2D eigenvalue weighted by Gasteiger charge is 2.29. The standard InChI is InChI=1S/C19H22N2O2/c1-13-11-15(14(2)21(13)9-10-23-4)12-17-16-7-5-6-8-18(16)20(3)19(17)22/h5-8,11-12H,9-10H2,1-4H3/b17-12+. The van der Waals surface area contributed by atoms with Gasteiger partial charge in [-0.05, 0) is 37.6 Å². The topological polar surface area (TPSA) is 34.5 Å². The lowest BCUT2D eigenvalue weighted by Gasteiger charge is -2.08. The summed E-state index contributed by atoms with van der Waals surface area (Å²) in [7, 11) is 3.53. The highest BCUT2D eigenvalue weighted by atomic mass is 16.5. The molecule has 23 heavy (non-hydrogen) atoms. The van der Waals surface area contributed by atoms with E-state index in [1.165, 1.54) is 5.69 Å². The van der Waals surface area contributed by atoms with Gasteiger partial charge in [0.25, 0.3) is 5.91 Å². The largest absolute Gasteiger partial charge is 0.383 e. The van der Waals surface area contributed by atoms with E-state index in [4.69, 9.17) is 4.74 Å². The molecule has 0 radical (unpaired) electrons. The summed E-state index contributed by atoms with van der Waals surface area (Å²) >= 11 is 0. The smallest absolute Gasteiger partial charge is 0.258 e. The van der Waals surface area contributed by atoms with Crippen LogP contribution in [0.2, 0.25) is 0 Å². The summed E-state index contributed by atoms with van der Waals surface area (Å²) in [5.74, 6) is 0.0490. The Morgan fingerprint density at radius 1 is 1.22 bits per heavy atom. The van der Waals surface area contributed by atoms with Crippen molar-refractivity contribution in [1.29, 1.82) is 0 Å². The summed E-state index contributed by atoms with van der Waals surface area (Å²) < 4.78 is 7.41. The van der Waals surface area contributed by atoms with Gasteiger partial charge in [-0.2, -0.15) is 0 Å². The second kappa shape index (κ2) is 6.05. The van der Waals surface area contributed by atoms with Gasteiger partial charge in [-0.25, -0.2) is 0 Å². The fourth-order valence-electron chi connectivity index (χ4n) is 3.19. The highest BCUT2D eigenvalue weighted by Crippen LogP contribution is 2.37. The van der Waals surface area contributed by atoms with Gasteiger partial charge < -0.3 is 14.2 Å². The van der Waals surface area contributed by atoms with E-state index in [1.807, 2.05) is 37.4 Å². The predicted molar refractivity (Wildman–Crippen MR) is 93.5 cm³/mol. The number of likely N-dealkylation sites (N-methyl/N-ethyl adjacent to an activating group) is 1. The fourth-order valence-corrected chi connectivity index (χ4v) is 3.19. The minimum Gasteiger partial charge on any atom is -0.383 e. The maximum absolute atomic E-state index is 12.6. The Morgan fingerprint density at radius 2 is 1.96 bits per heavy atom. The van der Waals surface area contributed by atoms with Crippen LogP contribution in [-0.2, 0) is 16.1 Å². The SMILES string of the molecule is COCCn1c(C)cc(/C=C2/C(=O)N(C)c3ccccc32)c1C. The molecule has 2 aromatic rings. The maximum atomic E-state index is 12.6. The number of carbonyl (C=O) groups is 1. The minimum absolute atomic E-state index is 0.0490. The molecule has 1 aliphatic heterocycles. The molecule has 120 valence electrons. The van der Waals surface area contributed by atoms with E-state index < -0.39 is 0 Å². The van der Waals surface area contributed by atoms with Gasteiger partial charge in [0.15, 0.2) is 0 Å². The molecule has 0 N–H and O–H groups in total. The van der Waals surface area contributed by atoms with Crippen LogP contribution in [0.15, 0.2) is 30.3 Å². The van der Waals surface area contributed by atoms with E-state index in [2.05, 4.69) is 24.5 Å². The Balaban J connectivity index is 2.04. The molecule has 1 aromatic carbocycles. The van der Waals surface area contributed by atoms with Gasteiger partial charge in [0, 0.05) is 43.2 Å². The van der Waals surface area contributed by atoms with Crippen LogP contribution in [-0.4, -0.2) is 31.2 Å². The van der Waals surface area contributed by atoms with Crippen molar-refractivity contribution in [3.63, 3.8) is 0 Å². The zero-order chi connectivity index (χ0) is 16.6. The first-order valence-corrected chi connectivity index (χ1v) is 7.79. The molecular weight excluding hydrogens is 288 g/mol. The number of carbonyl (C=O) groups excluding carboxylic acids is 1. The van der Waals surface area contributed by atoms with Gasteiger partial charge >= 0.3 is 0 Å². The third-order valence-corrected chi connectivity index (χ3v) is 4.52. The molecule has 1 aromatic heterocycles. The van der Waals surface area contributed by atoms with Crippen LogP contribution in [0, 0.1) is 13.8 Å². The van der Waals surface area contributed by atoms with Crippen molar-refractivity contribution in [2.24, 2.45) is 0 Å². The summed E-state index contributed by atoms with van der Waals surface area (Å²) in [6.07, 6.45) is 2.01. The van der Waals surface area contributed by atoms with Gasteiger partial charge in [0.05, 0.1) is 12.3 Å². The van der Waals surface area contributed by atoms with Crippen molar-refractivity contribution in [3.05, 3.63) is 52.8 Å². The lowest BCUT2D eigenvalue weighted by Crippen LogP contribution is -2.20. The Hall–Kier alpha value is -2.33. The van der Waals surface area contributed by atoms with E-state index in [0.29, 0.717) is 6.61 Å². The van der Waals surface area contributed by atoms with Crippen molar-refractivity contribution in [2.45, 2.75) is 20.4 Å². The molecule has 0 atom stereocenters. The number of nitrogens with zero attached hydrogens (tertiary/aromatic N) is 2. The predicted octanol–water partition coefficient (Wildman–Crippen LogP) is 3.27. The van der Waals surface area contributed by atoms with Crippen LogP contribution in [0.25, 0.3) is 11.6 Å². The van der Waals surface area contributed by atoms with Gasteiger partial charge in [-0.3, -0.25) is 4.79 Å². The molecular formula is C19H22N2O2. The van der Waals surface area contributed by atoms with E-state index in [9.17, 15) is 4.79 Å². The Morgan fingerprint density at radius 3 is 2.70 bits per heavy atom. The van der Waals surface area contributed by atoms with E-state index >= 15 is 0 Å². The number of aryl methyl sites for hydroxylation is 1. The van der Waals surface area contributed by atoms with Crippen LogP contribution in [0.3, 0.4) is 0 Å². The summed E-state index contributed by atoms with van der Waals surface area (Å²) in [6, 6.07) is 10.1. The van der Waals surface area contributed by atoms with Crippen LogP contribution < -0.4 is 4.90 Å². The molecule has 1 amide bonds. The molecule has 4 nitrogen and oxygen atoms in total. The molecule has 0 spiro atoms. The lowest BCUT2D eigenvalue weighted by molar-refractivity contribution is -0.112. The number of methoxy groups -OCH3 is 1. The highest BCUT2D eigenvalue weighted by molar-refractivity contribution is 6.35. The van der Waals surface area contributed by atoms with Gasteiger partial charge in [0.1, 0.15) is 0 Å². The van der Waals surface area contributed by atoms with Gasteiger partial charge in [0.2, 0.25) is 0 Å². The third-order valence-electron chi connectivity index (χ3n) is 4.52. The summed E-state index contributed by atoms with van der Waals surface area (Å²) in [6.45, 7) is 5.67. The fraction of sp³-hybridized carbons (Fsp3) is 0.316. The molecule has 0 unspecified atom stereocenters. The zero-order valence-electron chi connectivity index (χ0n) is 14.1. The minimum atomic E-state index is 0.0490. The Kier molecular flexibility index (Phi) is 4.09. The second-order valence-corrected chi connectivity index (χ2v) is 5.91. The molecule has 3 rings (SSSR count). The number of ether oxygens (including phenoxy) is 1. The Labute approximate surface area is 137 Å². The van der Waals surface area contributed by atoms with Gasteiger partial charge in [-0.15, -0.1) is 0 Å². The third kappa shape index (κ3) is 2.59. The first-order chi connectivity index (χ1) is 11.0. The Bertz CT molecular complexity index is 787. The van der Waals surface area contributed by atoms with Crippen molar-refractivity contribution < 1.29 is 9.53 Å². The number of fused-ring (bicyclic) bond motifs is 1. The summed E-state index contributed by atoms with van der Waals surface area (Å²) in [5, 5.41) is 0. The second-order valence-electron chi connectivity index (χ2n) is 5.91. The zero-order valence-corrected chi connectivity index (χ0v) is 14.1. The molecule has 0 fully saturated rings. The molecule has 0 bridgehead atoms. The van der Waals surface area contributed by atoms with Crippen molar-refractivity contribution in [1.82, 2.24) is 4.57 Å². The molecule has 4 heteroatoms.